The molecule has 2 rings (SSSR count). The lowest BCUT2D eigenvalue weighted by molar-refractivity contribution is -0.140. The van der Waals surface area contributed by atoms with Crippen LogP contribution in [0.2, 0.25) is 5.02 Å². The number of halogens is 4. The van der Waals surface area contributed by atoms with Crippen LogP contribution in [0.3, 0.4) is 0 Å². The van der Waals surface area contributed by atoms with E-state index in [9.17, 15) is 13.2 Å². The number of hydrogen-bond donors (Lipinski definition) is 1. The number of nitrogens with one attached hydrogen (secondary N) is 1. The monoisotopic (exact) mass is 323 g/mol. The van der Waals surface area contributed by atoms with Crippen molar-refractivity contribution in [2.75, 3.05) is 19.8 Å². The Balaban J connectivity index is 2.33. The van der Waals surface area contributed by atoms with Gasteiger partial charge in [-0.2, -0.15) is 13.2 Å². The summed E-state index contributed by atoms with van der Waals surface area (Å²) in [4.78, 5) is 0. The highest BCUT2D eigenvalue weighted by Crippen LogP contribution is 2.40. The molecule has 0 saturated carbocycles. The van der Waals surface area contributed by atoms with E-state index in [1.54, 1.807) is 13.0 Å². The molecule has 0 spiro atoms. The predicted molar refractivity (Wildman–Crippen MR) is 74.1 cm³/mol. The van der Waals surface area contributed by atoms with Gasteiger partial charge >= 0.3 is 6.18 Å². The quantitative estimate of drug-likeness (QED) is 0.904. The van der Waals surface area contributed by atoms with E-state index in [0.717, 1.165) is 6.42 Å². The van der Waals surface area contributed by atoms with Gasteiger partial charge in [0.15, 0.2) is 11.5 Å². The third kappa shape index (κ3) is 4.41. The first-order valence-corrected chi connectivity index (χ1v) is 7.17. The van der Waals surface area contributed by atoms with Crippen molar-refractivity contribution in [3.63, 3.8) is 0 Å². The van der Waals surface area contributed by atoms with E-state index in [-0.39, 0.29) is 5.02 Å². The minimum Gasteiger partial charge on any atom is -0.490 e. The minimum atomic E-state index is -4.28. The molecule has 0 fully saturated rings. The van der Waals surface area contributed by atoms with Crippen LogP contribution in [0, 0.1) is 0 Å². The summed E-state index contributed by atoms with van der Waals surface area (Å²) in [7, 11) is 0. The van der Waals surface area contributed by atoms with Crippen LogP contribution in [0.15, 0.2) is 12.1 Å². The van der Waals surface area contributed by atoms with Crippen molar-refractivity contribution in [2.24, 2.45) is 0 Å². The molecule has 1 heterocycles. The fraction of sp³-hybridized carbons (Fsp3) is 0.571. The van der Waals surface area contributed by atoms with Gasteiger partial charge in [0.2, 0.25) is 0 Å². The molecule has 1 atom stereocenters. The van der Waals surface area contributed by atoms with E-state index < -0.39 is 18.6 Å². The molecule has 0 aliphatic carbocycles. The molecule has 118 valence electrons. The Morgan fingerprint density at radius 1 is 1.24 bits per heavy atom. The van der Waals surface area contributed by atoms with Gasteiger partial charge in [-0.25, -0.2) is 0 Å². The van der Waals surface area contributed by atoms with Crippen molar-refractivity contribution < 1.29 is 22.6 Å². The second-order valence-corrected chi connectivity index (χ2v) is 5.21. The van der Waals surface area contributed by atoms with Gasteiger partial charge in [0, 0.05) is 23.6 Å². The number of ether oxygens (including phenoxy) is 2. The van der Waals surface area contributed by atoms with Gasteiger partial charge in [-0.05, 0) is 18.2 Å². The number of fused-ring (bicyclic) bond motifs is 1. The molecule has 0 bridgehead atoms. The molecule has 1 aromatic carbocycles. The molecule has 3 nitrogen and oxygen atoms in total. The Morgan fingerprint density at radius 2 is 1.86 bits per heavy atom. The maximum absolute atomic E-state index is 12.7. The van der Waals surface area contributed by atoms with Crippen LogP contribution in [0.1, 0.15) is 31.4 Å². The van der Waals surface area contributed by atoms with Gasteiger partial charge in [0.25, 0.3) is 0 Å². The van der Waals surface area contributed by atoms with Crippen LogP contribution in [-0.2, 0) is 0 Å². The summed E-state index contributed by atoms with van der Waals surface area (Å²) in [6, 6.07) is 2.17. The molecule has 0 saturated heterocycles. The third-order valence-electron chi connectivity index (χ3n) is 3.13. The molecular weight excluding hydrogens is 307 g/mol. The van der Waals surface area contributed by atoms with Gasteiger partial charge < -0.3 is 14.8 Å². The molecule has 1 unspecified atom stereocenters. The van der Waals surface area contributed by atoms with Gasteiger partial charge in [0.1, 0.15) is 0 Å². The second kappa shape index (κ2) is 6.75. The summed E-state index contributed by atoms with van der Waals surface area (Å²) in [6.07, 6.45) is -4.54. The largest absolute Gasteiger partial charge is 0.490 e. The average Bonchev–Trinajstić information content (AvgIpc) is 2.60. The molecule has 1 aromatic rings. The van der Waals surface area contributed by atoms with Crippen molar-refractivity contribution >= 4 is 11.6 Å². The highest BCUT2D eigenvalue weighted by molar-refractivity contribution is 6.31. The Bertz CT molecular complexity index is 494. The van der Waals surface area contributed by atoms with Crippen molar-refractivity contribution in [2.45, 2.75) is 32.0 Å². The normalized spacial score (nSPS) is 16.4. The second-order valence-electron chi connectivity index (χ2n) is 4.80. The summed E-state index contributed by atoms with van der Waals surface area (Å²) in [6.45, 7) is 3.13. The average molecular weight is 324 g/mol. The standard InChI is InChI=1S/C14H17ClF3NO2/c1-2-19-11(8-14(16,17)18)9-6-12-13(7-10(9)15)21-5-3-4-20-12/h6-7,11,19H,2-5,8H2,1H3. The number of benzene rings is 1. The highest BCUT2D eigenvalue weighted by Gasteiger charge is 2.33. The summed E-state index contributed by atoms with van der Waals surface area (Å²) in [5.74, 6) is 0.917. The zero-order chi connectivity index (χ0) is 15.5. The van der Waals surface area contributed by atoms with Crippen LogP contribution in [-0.4, -0.2) is 25.9 Å². The molecule has 21 heavy (non-hydrogen) atoms. The van der Waals surface area contributed by atoms with Gasteiger partial charge in [-0.1, -0.05) is 18.5 Å². The summed E-state index contributed by atoms with van der Waals surface area (Å²) in [5, 5.41) is 3.06. The van der Waals surface area contributed by atoms with E-state index in [0.29, 0.717) is 36.8 Å². The lowest BCUT2D eigenvalue weighted by atomic mass is 10.0. The summed E-state index contributed by atoms with van der Waals surface area (Å²) >= 11 is 6.13. The maximum atomic E-state index is 12.7. The summed E-state index contributed by atoms with van der Waals surface area (Å²) < 4.78 is 49.1. The van der Waals surface area contributed by atoms with Crippen LogP contribution < -0.4 is 14.8 Å². The summed E-state index contributed by atoms with van der Waals surface area (Å²) in [5.41, 5.74) is 0.375. The van der Waals surface area contributed by atoms with Crippen LogP contribution in [0.5, 0.6) is 11.5 Å². The predicted octanol–water partition coefficient (Wildman–Crippen LogP) is 4.10. The number of hydrogen-bond acceptors (Lipinski definition) is 3. The molecule has 0 radical (unpaired) electrons. The van der Waals surface area contributed by atoms with E-state index in [1.165, 1.54) is 6.07 Å². The molecular formula is C14H17ClF3NO2. The maximum Gasteiger partial charge on any atom is 0.390 e. The lowest BCUT2D eigenvalue weighted by Crippen LogP contribution is -2.26. The third-order valence-corrected chi connectivity index (χ3v) is 3.46. The fourth-order valence-electron chi connectivity index (χ4n) is 2.24. The Morgan fingerprint density at radius 3 is 2.43 bits per heavy atom. The highest BCUT2D eigenvalue weighted by atomic mass is 35.5. The van der Waals surface area contributed by atoms with Gasteiger partial charge in [0.05, 0.1) is 19.6 Å². The molecule has 1 aliphatic heterocycles. The van der Waals surface area contributed by atoms with Crippen LogP contribution in [0.25, 0.3) is 0 Å². The topological polar surface area (TPSA) is 30.5 Å². The van der Waals surface area contributed by atoms with E-state index >= 15 is 0 Å². The first-order valence-electron chi connectivity index (χ1n) is 6.80. The van der Waals surface area contributed by atoms with Crippen molar-refractivity contribution in [3.05, 3.63) is 22.7 Å². The number of rotatable bonds is 4. The van der Waals surface area contributed by atoms with Crippen molar-refractivity contribution in [1.29, 1.82) is 0 Å². The fourth-order valence-corrected chi connectivity index (χ4v) is 2.52. The van der Waals surface area contributed by atoms with E-state index in [1.807, 2.05) is 0 Å². The first kappa shape index (κ1) is 16.2. The van der Waals surface area contributed by atoms with E-state index in [4.69, 9.17) is 21.1 Å². The van der Waals surface area contributed by atoms with Gasteiger partial charge in [-0.3, -0.25) is 0 Å². The van der Waals surface area contributed by atoms with Crippen LogP contribution >= 0.6 is 11.6 Å². The van der Waals surface area contributed by atoms with Crippen molar-refractivity contribution in [1.82, 2.24) is 5.32 Å². The zero-order valence-corrected chi connectivity index (χ0v) is 12.4. The van der Waals surface area contributed by atoms with Gasteiger partial charge in [-0.15, -0.1) is 0 Å². The Labute approximate surface area is 126 Å². The van der Waals surface area contributed by atoms with E-state index in [2.05, 4.69) is 5.32 Å². The molecule has 1 aliphatic rings. The SMILES string of the molecule is CCNC(CC(F)(F)F)c1cc2c(cc1Cl)OCCCO2. The Hall–Kier alpha value is -1.14. The zero-order valence-electron chi connectivity index (χ0n) is 11.6. The number of alkyl halides is 3. The molecule has 0 amide bonds. The minimum absolute atomic E-state index is 0.245. The van der Waals surface area contributed by atoms with Crippen molar-refractivity contribution in [3.8, 4) is 11.5 Å². The van der Waals surface area contributed by atoms with Crippen LogP contribution in [0.4, 0.5) is 13.2 Å². The smallest absolute Gasteiger partial charge is 0.390 e. The lowest BCUT2D eigenvalue weighted by Gasteiger charge is -2.22. The molecule has 1 N–H and O–H groups in total. The molecule has 7 heteroatoms. The Kier molecular flexibility index (Phi) is 5.22. The molecule has 0 aromatic heterocycles. The first-order chi connectivity index (χ1) is 9.90.